The summed E-state index contributed by atoms with van der Waals surface area (Å²) in [5, 5.41) is 20.6. The summed E-state index contributed by atoms with van der Waals surface area (Å²) in [5.41, 5.74) is 3.58. The van der Waals surface area contributed by atoms with Gasteiger partial charge in [0.2, 0.25) is 0 Å². The fourth-order valence-corrected chi connectivity index (χ4v) is 4.32. The van der Waals surface area contributed by atoms with Crippen LogP contribution in [0.5, 0.6) is 0 Å². The number of fused-ring (bicyclic) bond motifs is 1. The highest BCUT2D eigenvalue weighted by Crippen LogP contribution is 2.32. The van der Waals surface area contributed by atoms with Gasteiger partial charge in [0.25, 0.3) is 5.91 Å². The molecule has 1 amide bonds. The second kappa shape index (κ2) is 8.97. The molecule has 0 unspecified atom stereocenters. The van der Waals surface area contributed by atoms with Gasteiger partial charge in [0.15, 0.2) is 0 Å². The molecule has 35 heavy (non-hydrogen) atoms. The molecule has 2 aromatic carbocycles. The van der Waals surface area contributed by atoms with Crippen molar-refractivity contribution in [1.82, 2.24) is 9.55 Å². The number of halogens is 1. The standard InChI is InChI=1S/C28H27FN4O2/c1-17-12-19(28(2,3)4)13-22(29)25(17)27(35)32(5)23-9-6-10-24(21(23)16-34)33-15-18(14-30)20-8-7-11-31-26(20)33/h6-13,15,34H,16H2,1-5H3. The van der Waals surface area contributed by atoms with Gasteiger partial charge >= 0.3 is 0 Å². The van der Waals surface area contributed by atoms with Crippen LogP contribution in [0.4, 0.5) is 10.1 Å². The molecule has 2 aromatic heterocycles. The number of nitriles is 1. The van der Waals surface area contributed by atoms with Crippen molar-refractivity contribution >= 4 is 22.6 Å². The normalized spacial score (nSPS) is 11.5. The predicted octanol–water partition coefficient (Wildman–Crippen LogP) is 5.41. The van der Waals surface area contributed by atoms with Gasteiger partial charge in [-0.15, -0.1) is 0 Å². The summed E-state index contributed by atoms with van der Waals surface area (Å²) in [7, 11) is 1.56. The number of carbonyl (C=O) groups is 1. The summed E-state index contributed by atoms with van der Waals surface area (Å²) in [6.45, 7) is 7.33. The zero-order valence-electron chi connectivity index (χ0n) is 20.4. The number of amides is 1. The van der Waals surface area contributed by atoms with Gasteiger partial charge in [-0.05, 0) is 53.8 Å². The van der Waals surface area contributed by atoms with Crippen molar-refractivity contribution < 1.29 is 14.3 Å². The fraction of sp³-hybridized carbons (Fsp3) is 0.250. The molecule has 2 heterocycles. The van der Waals surface area contributed by atoms with Crippen molar-refractivity contribution in [3.63, 3.8) is 0 Å². The van der Waals surface area contributed by atoms with E-state index in [1.165, 1.54) is 11.0 Å². The molecule has 0 spiro atoms. The number of benzene rings is 2. The van der Waals surface area contributed by atoms with E-state index < -0.39 is 11.7 Å². The van der Waals surface area contributed by atoms with E-state index in [1.54, 1.807) is 55.2 Å². The van der Waals surface area contributed by atoms with Crippen LogP contribution in [-0.2, 0) is 12.0 Å². The van der Waals surface area contributed by atoms with E-state index in [1.807, 2.05) is 32.9 Å². The topological polar surface area (TPSA) is 82.2 Å². The van der Waals surface area contributed by atoms with Crippen LogP contribution in [0.25, 0.3) is 16.7 Å². The van der Waals surface area contributed by atoms with Crippen LogP contribution in [-0.4, -0.2) is 27.6 Å². The minimum atomic E-state index is -0.576. The van der Waals surface area contributed by atoms with Crippen LogP contribution < -0.4 is 4.90 Å². The van der Waals surface area contributed by atoms with Gasteiger partial charge < -0.3 is 10.0 Å². The summed E-state index contributed by atoms with van der Waals surface area (Å²) >= 11 is 0. The molecule has 4 aromatic rings. The fourth-order valence-electron chi connectivity index (χ4n) is 4.32. The minimum Gasteiger partial charge on any atom is -0.392 e. The smallest absolute Gasteiger partial charge is 0.261 e. The molecule has 7 heteroatoms. The molecular weight excluding hydrogens is 443 g/mol. The van der Waals surface area contributed by atoms with E-state index in [4.69, 9.17) is 0 Å². The molecule has 0 atom stereocenters. The number of aromatic nitrogens is 2. The van der Waals surface area contributed by atoms with Crippen LogP contribution in [0.1, 0.15) is 53.4 Å². The molecule has 0 bridgehead atoms. The Bertz CT molecular complexity index is 1470. The first-order valence-electron chi connectivity index (χ1n) is 11.3. The molecule has 0 saturated heterocycles. The third kappa shape index (κ3) is 4.17. The average Bonchev–Trinajstić information content (AvgIpc) is 3.20. The second-order valence-corrected chi connectivity index (χ2v) is 9.60. The Morgan fingerprint density at radius 3 is 2.60 bits per heavy atom. The molecule has 0 aliphatic rings. The number of aryl methyl sites for hydroxylation is 1. The molecular formula is C28H27FN4O2. The lowest BCUT2D eigenvalue weighted by molar-refractivity contribution is 0.0988. The van der Waals surface area contributed by atoms with E-state index >= 15 is 4.39 Å². The predicted molar refractivity (Wildman–Crippen MR) is 134 cm³/mol. The molecule has 0 fully saturated rings. The van der Waals surface area contributed by atoms with Crippen molar-refractivity contribution in [3.05, 3.63) is 88.5 Å². The summed E-state index contributed by atoms with van der Waals surface area (Å²) in [4.78, 5) is 19.2. The van der Waals surface area contributed by atoms with Gasteiger partial charge in [-0.2, -0.15) is 5.26 Å². The molecule has 0 aliphatic carbocycles. The van der Waals surface area contributed by atoms with Crippen molar-refractivity contribution in [2.75, 3.05) is 11.9 Å². The average molecular weight is 471 g/mol. The van der Waals surface area contributed by atoms with Crippen LogP contribution in [0, 0.1) is 24.1 Å². The number of aliphatic hydroxyl groups excluding tert-OH is 1. The van der Waals surface area contributed by atoms with Crippen LogP contribution in [0.15, 0.2) is 54.9 Å². The van der Waals surface area contributed by atoms with E-state index in [-0.39, 0.29) is 17.6 Å². The maximum absolute atomic E-state index is 15.2. The second-order valence-electron chi connectivity index (χ2n) is 9.60. The lowest BCUT2D eigenvalue weighted by Gasteiger charge is -2.25. The summed E-state index contributed by atoms with van der Waals surface area (Å²) < 4.78 is 16.9. The molecule has 6 nitrogen and oxygen atoms in total. The zero-order chi connectivity index (χ0) is 25.5. The largest absolute Gasteiger partial charge is 0.392 e. The Morgan fingerprint density at radius 1 is 1.23 bits per heavy atom. The maximum Gasteiger partial charge on any atom is 0.261 e. The third-order valence-corrected chi connectivity index (χ3v) is 6.26. The molecule has 0 aliphatic heterocycles. The van der Waals surface area contributed by atoms with Gasteiger partial charge in [-0.1, -0.05) is 32.9 Å². The Balaban J connectivity index is 1.83. The highest BCUT2D eigenvalue weighted by Gasteiger charge is 2.26. The quantitative estimate of drug-likeness (QED) is 0.432. The Labute approximate surface area is 203 Å². The van der Waals surface area contributed by atoms with Gasteiger partial charge in [0.05, 0.1) is 29.1 Å². The number of nitrogens with zero attached hydrogens (tertiary/aromatic N) is 4. The summed E-state index contributed by atoms with van der Waals surface area (Å²) in [5.74, 6) is -1.09. The van der Waals surface area contributed by atoms with E-state index in [0.717, 1.165) is 5.56 Å². The van der Waals surface area contributed by atoms with Crippen molar-refractivity contribution in [2.24, 2.45) is 0 Å². The van der Waals surface area contributed by atoms with E-state index in [0.29, 0.717) is 39.1 Å². The van der Waals surface area contributed by atoms with Crippen molar-refractivity contribution in [1.29, 1.82) is 5.26 Å². The monoisotopic (exact) mass is 470 g/mol. The van der Waals surface area contributed by atoms with Crippen LogP contribution >= 0.6 is 0 Å². The number of aliphatic hydroxyl groups is 1. The first-order chi connectivity index (χ1) is 16.6. The summed E-state index contributed by atoms with van der Waals surface area (Å²) in [6, 6.07) is 14.2. The lowest BCUT2D eigenvalue weighted by Crippen LogP contribution is -2.29. The highest BCUT2D eigenvalue weighted by molar-refractivity contribution is 6.07. The van der Waals surface area contributed by atoms with Crippen LogP contribution in [0.3, 0.4) is 0 Å². The molecule has 0 radical (unpaired) electrons. The van der Waals surface area contributed by atoms with Crippen molar-refractivity contribution in [3.8, 4) is 11.8 Å². The lowest BCUT2D eigenvalue weighted by atomic mass is 9.85. The van der Waals surface area contributed by atoms with Crippen LogP contribution in [0.2, 0.25) is 0 Å². The molecule has 1 N–H and O–H groups in total. The molecule has 0 saturated carbocycles. The highest BCUT2D eigenvalue weighted by atomic mass is 19.1. The third-order valence-electron chi connectivity index (χ3n) is 6.26. The number of carbonyl (C=O) groups excluding carboxylic acids is 1. The minimum absolute atomic E-state index is 0.00496. The molecule has 4 rings (SSSR count). The Morgan fingerprint density at radius 2 is 1.97 bits per heavy atom. The van der Waals surface area contributed by atoms with Gasteiger partial charge in [0.1, 0.15) is 17.5 Å². The number of pyridine rings is 1. The SMILES string of the molecule is Cc1cc(C(C)(C)C)cc(F)c1C(=O)N(C)c1cccc(-n2cc(C#N)c3cccnc32)c1CO. The zero-order valence-corrected chi connectivity index (χ0v) is 20.4. The maximum atomic E-state index is 15.2. The number of rotatable bonds is 4. The first-order valence-corrected chi connectivity index (χ1v) is 11.3. The van der Waals surface area contributed by atoms with Gasteiger partial charge in [0, 0.05) is 30.4 Å². The number of hydrogen-bond donors (Lipinski definition) is 1. The summed E-state index contributed by atoms with van der Waals surface area (Å²) in [6.07, 6.45) is 3.29. The Kier molecular flexibility index (Phi) is 6.18. The first kappa shape index (κ1) is 24.1. The van der Waals surface area contributed by atoms with E-state index in [9.17, 15) is 15.2 Å². The van der Waals surface area contributed by atoms with Crippen molar-refractivity contribution in [2.45, 2.75) is 39.7 Å². The van der Waals surface area contributed by atoms with E-state index in [2.05, 4.69) is 11.1 Å². The van der Waals surface area contributed by atoms with Gasteiger partial charge in [-0.3, -0.25) is 9.36 Å². The Hall–Kier alpha value is -4.02. The van der Waals surface area contributed by atoms with Gasteiger partial charge in [-0.25, -0.2) is 9.37 Å². The molecule has 178 valence electrons. The number of hydrogen-bond acceptors (Lipinski definition) is 4. The number of anilines is 1.